The van der Waals surface area contributed by atoms with Crippen molar-refractivity contribution in [2.24, 2.45) is 0 Å². The number of aromatic nitrogens is 4. The number of hydrogen-bond donors (Lipinski definition) is 1. The zero-order valence-corrected chi connectivity index (χ0v) is 18.8. The van der Waals surface area contributed by atoms with Crippen molar-refractivity contribution >= 4 is 28.7 Å². The first-order valence-corrected chi connectivity index (χ1v) is 11.1. The second-order valence-electron chi connectivity index (χ2n) is 7.58. The third kappa shape index (κ3) is 4.25. The molecular weight excluding hydrogens is 418 g/mol. The zero-order chi connectivity index (χ0) is 22.1. The number of benzene rings is 1. The number of amides is 1. The third-order valence-corrected chi connectivity index (χ3v) is 5.82. The van der Waals surface area contributed by atoms with Crippen LogP contribution in [-0.4, -0.2) is 43.8 Å². The van der Waals surface area contributed by atoms with Gasteiger partial charge in [-0.25, -0.2) is 4.98 Å². The lowest BCUT2D eigenvalue weighted by Crippen LogP contribution is -2.32. The van der Waals surface area contributed by atoms with Crippen LogP contribution >= 0.6 is 11.8 Å². The number of nitrogens with one attached hydrogen (secondary N) is 1. The first kappa shape index (κ1) is 21.2. The Bertz CT molecular complexity index is 1200. The molecule has 1 aliphatic heterocycles. The van der Waals surface area contributed by atoms with E-state index in [4.69, 9.17) is 14.5 Å². The maximum absolute atomic E-state index is 13.5. The molecule has 0 bridgehead atoms. The number of thioether (sulfide) groups is 1. The molecule has 3 aromatic rings. The van der Waals surface area contributed by atoms with Gasteiger partial charge in [-0.15, -0.1) is 0 Å². The lowest BCUT2D eigenvalue weighted by molar-refractivity contribution is -0.119. The Morgan fingerprint density at radius 3 is 2.81 bits per heavy atom. The minimum absolute atomic E-state index is 0.0457. The summed E-state index contributed by atoms with van der Waals surface area (Å²) in [7, 11) is 0. The fraction of sp³-hybridized carbons (Fsp3) is 0.429. The molecule has 0 fully saturated rings. The first-order valence-electron chi connectivity index (χ1n) is 10.2. The van der Waals surface area contributed by atoms with Crippen molar-refractivity contribution in [2.75, 3.05) is 12.5 Å². The molecule has 1 amide bonds. The fourth-order valence-electron chi connectivity index (χ4n) is 3.48. The van der Waals surface area contributed by atoms with Gasteiger partial charge in [0.1, 0.15) is 5.52 Å². The highest BCUT2D eigenvalue weighted by Gasteiger charge is 2.20. The summed E-state index contributed by atoms with van der Waals surface area (Å²) in [4.78, 5) is 30.4. The van der Waals surface area contributed by atoms with Gasteiger partial charge in [0.25, 0.3) is 5.56 Å². The summed E-state index contributed by atoms with van der Waals surface area (Å²) >= 11 is 1.24. The number of hydrogen-bond acceptors (Lipinski definition) is 7. The first-order chi connectivity index (χ1) is 14.9. The molecule has 0 saturated carbocycles. The monoisotopic (exact) mass is 443 g/mol. The predicted octanol–water partition coefficient (Wildman–Crippen LogP) is 2.32. The molecule has 9 nitrogen and oxygen atoms in total. The highest BCUT2D eigenvalue weighted by atomic mass is 32.2. The van der Waals surface area contributed by atoms with Gasteiger partial charge in [0.2, 0.25) is 12.7 Å². The van der Waals surface area contributed by atoms with Crippen LogP contribution in [0.25, 0.3) is 11.0 Å². The van der Waals surface area contributed by atoms with Crippen LogP contribution < -0.4 is 20.3 Å². The van der Waals surface area contributed by atoms with E-state index in [2.05, 4.69) is 10.4 Å². The van der Waals surface area contributed by atoms with E-state index in [9.17, 15) is 9.59 Å². The number of aryl methyl sites for hydroxylation is 2. The number of rotatable bonds is 7. The fourth-order valence-corrected chi connectivity index (χ4v) is 4.28. The minimum atomic E-state index is -0.183. The largest absolute Gasteiger partial charge is 0.454 e. The quantitative estimate of drug-likeness (QED) is 0.442. The van der Waals surface area contributed by atoms with E-state index < -0.39 is 0 Å². The van der Waals surface area contributed by atoms with Crippen LogP contribution in [0.4, 0.5) is 0 Å². The highest BCUT2D eigenvalue weighted by molar-refractivity contribution is 7.99. The SMILES string of the molecule is CCn1nc(C)c2nc(SCC(=O)NC(C)C)n(Cc3ccc4c(c3)OCO4)c(=O)c21. The Hall–Kier alpha value is -3.01. The van der Waals surface area contributed by atoms with Gasteiger partial charge in [-0.3, -0.25) is 18.8 Å². The predicted molar refractivity (Wildman–Crippen MR) is 118 cm³/mol. The topological polar surface area (TPSA) is 100 Å². The van der Waals surface area contributed by atoms with E-state index >= 15 is 0 Å². The molecule has 0 unspecified atom stereocenters. The lowest BCUT2D eigenvalue weighted by Gasteiger charge is -2.14. The van der Waals surface area contributed by atoms with Gasteiger partial charge in [-0.05, 0) is 45.4 Å². The van der Waals surface area contributed by atoms with Crippen LogP contribution in [0.3, 0.4) is 0 Å². The van der Waals surface area contributed by atoms with E-state index in [1.807, 2.05) is 45.9 Å². The number of carbonyl (C=O) groups excluding carboxylic acids is 1. The van der Waals surface area contributed by atoms with Gasteiger partial charge in [-0.2, -0.15) is 5.10 Å². The van der Waals surface area contributed by atoms with Gasteiger partial charge in [0.05, 0.1) is 18.0 Å². The number of carbonyl (C=O) groups is 1. The molecule has 0 aliphatic carbocycles. The van der Waals surface area contributed by atoms with E-state index in [1.165, 1.54) is 11.8 Å². The number of fused-ring (bicyclic) bond motifs is 2. The molecule has 1 aromatic carbocycles. The van der Waals surface area contributed by atoms with Gasteiger partial charge in [-0.1, -0.05) is 17.8 Å². The summed E-state index contributed by atoms with van der Waals surface area (Å²) < 4.78 is 14.1. The average Bonchev–Trinajstić information content (AvgIpc) is 3.32. The van der Waals surface area contributed by atoms with Crippen LogP contribution in [0.15, 0.2) is 28.2 Å². The van der Waals surface area contributed by atoms with Gasteiger partial charge >= 0.3 is 0 Å². The maximum Gasteiger partial charge on any atom is 0.280 e. The van der Waals surface area contributed by atoms with Crippen LogP contribution in [0.2, 0.25) is 0 Å². The molecule has 31 heavy (non-hydrogen) atoms. The van der Waals surface area contributed by atoms with Crippen molar-refractivity contribution in [3.05, 3.63) is 39.8 Å². The summed E-state index contributed by atoms with van der Waals surface area (Å²) in [6.45, 7) is 8.63. The van der Waals surface area contributed by atoms with Crippen molar-refractivity contribution in [1.82, 2.24) is 24.6 Å². The summed E-state index contributed by atoms with van der Waals surface area (Å²) in [5, 5.41) is 7.80. The summed E-state index contributed by atoms with van der Waals surface area (Å²) in [6, 6.07) is 5.63. The number of ether oxygens (including phenoxy) is 2. The molecule has 3 heterocycles. The lowest BCUT2D eigenvalue weighted by atomic mass is 10.2. The molecule has 0 saturated heterocycles. The highest BCUT2D eigenvalue weighted by Crippen LogP contribution is 2.33. The number of nitrogens with zero attached hydrogens (tertiary/aromatic N) is 4. The average molecular weight is 444 g/mol. The normalized spacial score (nSPS) is 12.7. The van der Waals surface area contributed by atoms with Crippen molar-refractivity contribution in [1.29, 1.82) is 0 Å². The van der Waals surface area contributed by atoms with Crippen molar-refractivity contribution < 1.29 is 14.3 Å². The molecule has 164 valence electrons. The van der Waals surface area contributed by atoms with Gasteiger partial charge < -0.3 is 14.8 Å². The molecule has 1 N–H and O–H groups in total. The molecule has 2 aromatic heterocycles. The Morgan fingerprint density at radius 1 is 1.29 bits per heavy atom. The maximum atomic E-state index is 13.5. The Labute approximate surface area is 183 Å². The van der Waals surface area contributed by atoms with E-state index in [-0.39, 0.29) is 30.1 Å². The van der Waals surface area contributed by atoms with E-state index in [0.717, 1.165) is 5.56 Å². The van der Waals surface area contributed by atoms with Crippen LogP contribution in [0, 0.1) is 6.92 Å². The zero-order valence-electron chi connectivity index (χ0n) is 18.0. The standard InChI is InChI=1S/C21H25N5O4S/c1-5-26-19-18(13(4)24-26)23-21(31-10-17(27)22-12(2)3)25(20(19)28)9-14-6-7-15-16(8-14)30-11-29-15/h6-8,12H,5,9-11H2,1-4H3,(H,22,27). The van der Waals surface area contributed by atoms with Gasteiger partial charge in [0.15, 0.2) is 22.2 Å². The Kier molecular flexibility index (Phi) is 5.90. The van der Waals surface area contributed by atoms with Crippen molar-refractivity contribution in [3.63, 3.8) is 0 Å². The minimum Gasteiger partial charge on any atom is -0.454 e. The molecule has 0 radical (unpaired) electrons. The van der Waals surface area contributed by atoms with Gasteiger partial charge in [0, 0.05) is 12.6 Å². The second kappa shape index (κ2) is 8.62. The van der Waals surface area contributed by atoms with Crippen molar-refractivity contribution in [3.8, 4) is 11.5 Å². The molecule has 4 rings (SSSR count). The summed E-state index contributed by atoms with van der Waals surface area (Å²) in [5.41, 5.74) is 2.42. The van der Waals surface area contributed by atoms with E-state index in [0.29, 0.717) is 46.5 Å². The third-order valence-electron chi connectivity index (χ3n) is 4.84. The molecule has 0 spiro atoms. The summed E-state index contributed by atoms with van der Waals surface area (Å²) in [5.74, 6) is 1.40. The summed E-state index contributed by atoms with van der Waals surface area (Å²) in [6.07, 6.45) is 0. The molecule has 1 aliphatic rings. The van der Waals surface area contributed by atoms with Crippen LogP contribution in [0.5, 0.6) is 11.5 Å². The smallest absolute Gasteiger partial charge is 0.280 e. The Morgan fingerprint density at radius 2 is 2.06 bits per heavy atom. The van der Waals surface area contributed by atoms with E-state index in [1.54, 1.807) is 9.25 Å². The molecule has 10 heteroatoms. The molecular formula is C21H25N5O4S. The van der Waals surface area contributed by atoms with Crippen LogP contribution in [0.1, 0.15) is 32.0 Å². The van der Waals surface area contributed by atoms with Crippen LogP contribution in [-0.2, 0) is 17.9 Å². The molecule has 0 atom stereocenters. The Balaban J connectivity index is 1.75. The second-order valence-corrected chi connectivity index (χ2v) is 8.53. The van der Waals surface area contributed by atoms with Crippen molar-refractivity contribution in [2.45, 2.75) is 52.0 Å².